The van der Waals surface area contributed by atoms with Gasteiger partial charge in [-0.25, -0.2) is 9.37 Å². The predicted molar refractivity (Wildman–Crippen MR) is 96.1 cm³/mol. The fraction of sp³-hybridized carbons (Fsp3) is 0.111. The van der Waals surface area contributed by atoms with Gasteiger partial charge in [-0.15, -0.1) is 0 Å². The van der Waals surface area contributed by atoms with Crippen molar-refractivity contribution < 1.29 is 14.3 Å². The van der Waals surface area contributed by atoms with E-state index in [2.05, 4.69) is 10.3 Å². The number of nitrogens with zero attached hydrogens (tertiary/aromatic N) is 2. The van der Waals surface area contributed by atoms with Gasteiger partial charge in [0, 0.05) is 5.69 Å². The van der Waals surface area contributed by atoms with Gasteiger partial charge in [0.05, 0.1) is 11.9 Å². The second kappa shape index (κ2) is 6.98. The van der Waals surface area contributed by atoms with Crippen LogP contribution in [-0.2, 0) is 0 Å². The Kier molecular flexibility index (Phi) is 4.76. The number of nitrogens with one attached hydrogen (secondary N) is 1. The Morgan fingerprint density at radius 2 is 1.96 bits per heavy atom. The summed E-state index contributed by atoms with van der Waals surface area (Å²) in [6.45, 7) is 1.85. The Balaban J connectivity index is 1.98. The summed E-state index contributed by atoms with van der Waals surface area (Å²) in [7, 11) is 0. The molecule has 2 N–H and O–H groups in total. The maximum absolute atomic E-state index is 13.2. The molecule has 3 aromatic rings. The Labute approximate surface area is 148 Å². The van der Waals surface area contributed by atoms with E-state index in [1.54, 1.807) is 34.9 Å². The molecule has 3 rings (SSSR count). The number of carbonyl (C=O) groups is 1. The SMILES string of the molecule is CSc1ncc(C(=O)Nc2ccc(C)cc2O)n1-c1ccc(F)cc1. The molecule has 0 aliphatic rings. The van der Waals surface area contributed by atoms with E-state index in [9.17, 15) is 14.3 Å². The molecule has 2 aromatic carbocycles. The van der Waals surface area contributed by atoms with Crippen molar-refractivity contribution in [1.82, 2.24) is 9.55 Å². The fourth-order valence-electron chi connectivity index (χ4n) is 2.41. The van der Waals surface area contributed by atoms with E-state index in [0.29, 0.717) is 16.5 Å². The third-order valence-corrected chi connectivity index (χ3v) is 4.28. The lowest BCUT2D eigenvalue weighted by Crippen LogP contribution is -2.16. The molecule has 0 spiro atoms. The average molecular weight is 357 g/mol. The Morgan fingerprint density at radius 3 is 2.60 bits per heavy atom. The van der Waals surface area contributed by atoms with Crippen molar-refractivity contribution >= 4 is 23.4 Å². The van der Waals surface area contributed by atoms with E-state index >= 15 is 0 Å². The van der Waals surface area contributed by atoms with Gasteiger partial charge in [0.2, 0.25) is 0 Å². The molecule has 1 heterocycles. The molecule has 0 saturated carbocycles. The summed E-state index contributed by atoms with van der Waals surface area (Å²) >= 11 is 1.37. The summed E-state index contributed by atoms with van der Waals surface area (Å²) in [5.74, 6) is -0.785. The van der Waals surface area contributed by atoms with Crippen LogP contribution in [0.3, 0.4) is 0 Å². The second-order valence-corrected chi connectivity index (χ2v) is 6.19. The molecule has 0 fully saturated rings. The molecule has 0 atom stereocenters. The highest BCUT2D eigenvalue weighted by Crippen LogP contribution is 2.26. The van der Waals surface area contributed by atoms with Gasteiger partial charge >= 0.3 is 0 Å². The van der Waals surface area contributed by atoms with Crippen molar-refractivity contribution in [3.63, 3.8) is 0 Å². The van der Waals surface area contributed by atoms with Crippen LogP contribution in [0.4, 0.5) is 10.1 Å². The Morgan fingerprint density at radius 1 is 1.24 bits per heavy atom. The highest BCUT2D eigenvalue weighted by atomic mass is 32.2. The standard InChI is InChI=1S/C18H16FN3O2S/c1-11-3-8-14(16(23)9-11)21-17(24)15-10-20-18(25-2)22(15)13-6-4-12(19)5-7-13/h3-10,23H,1-2H3,(H,21,24). The number of benzene rings is 2. The van der Waals surface area contributed by atoms with Crippen LogP contribution in [0.1, 0.15) is 16.1 Å². The number of phenols is 1. The monoisotopic (exact) mass is 357 g/mol. The molecule has 5 nitrogen and oxygen atoms in total. The highest BCUT2D eigenvalue weighted by molar-refractivity contribution is 7.98. The van der Waals surface area contributed by atoms with Crippen LogP contribution in [-0.4, -0.2) is 26.8 Å². The third kappa shape index (κ3) is 3.51. The molecular weight excluding hydrogens is 341 g/mol. The van der Waals surface area contributed by atoms with Crippen molar-refractivity contribution in [2.75, 3.05) is 11.6 Å². The molecule has 0 aliphatic heterocycles. The molecule has 7 heteroatoms. The van der Waals surface area contributed by atoms with Gasteiger partial charge in [0.15, 0.2) is 5.16 Å². The zero-order chi connectivity index (χ0) is 18.0. The highest BCUT2D eigenvalue weighted by Gasteiger charge is 2.18. The maximum Gasteiger partial charge on any atom is 0.274 e. The molecule has 0 aliphatic carbocycles. The van der Waals surface area contributed by atoms with Gasteiger partial charge in [-0.1, -0.05) is 17.8 Å². The van der Waals surface area contributed by atoms with Crippen LogP contribution >= 0.6 is 11.8 Å². The van der Waals surface area contributed by atoms with Crippen LogP contribution in [0.25, 0.3) is 5.69 Å². The molecule has 128 valence electrons. The molecular formula is C18H16FN3O2S. The smallest absolute Gasteiger partial charge is 0.274 e. The van der Waals surface area contributed by atoms with Gasteiger partial charge in [0.1, 0.15) is 17.3 Å². The number of thioether (sulfide) groups is 1. The van der Waals surface area contributed by atoms with E-state index in [-0.39, 0.29) is 17.3 Å². The zero-order valence-electron chi connectivity index (χ0n) is 13.7. The number of aryl methyl sites for hydroxylation is 1. The largest absolute Gasteiger partial charge is 0.506 e. The van der Waals surface area contributed by atoms with E-state index in [1.807, 2.05) is 13.2 Å². The third-order valence-electron chi connectivity index (χ3n) is 3.63. The first-order valence-corrected chi connectivity index (χ1v) is 8.70. The predicted octanol–water partition coefficient (Wildman–Crippen LogP) is 4.00. The first-order valence-electron chi connectivity index (χ1n) is 7.48. The van der Waals surface area contributed by atoms with Crippen LogP contribution in [0.15, 0.2) is 53.8 Å². The number of phenolic OH excluding ortho intramolecular Hbond substituents is 1. The number of amides is 1. The van der Waals surface area contributed by atoms with Crippen molar-refractivity contribution in [3.05, 3.63) is 65.7 Å². The van der Waals surface area contributed by atoms with Crippen LogP contribution < -0.4 is 5.32 Å². The van der Waals surface area contributed by atoms with Gasteiger partial charge < -0.3 is 10.4 Å². The van der Waals surface area contributed by atoms with Gasteiger partial charge in [-0.2, -0.15) is 0 Å². The number of anilines is 1. The molecule has 0 radical (unpaired) electrons. The minimum Gasteiger partial charge on any atom is -0.506 e. The van der Waals surface area contributed by atoms with Gasteiger partial charge in [-0.05, 0) is 55.1 Å². The molecule has 25 heavy (non-hydrogen) atoms. The molecule has 1 amide bonds. The summed E-state index contributed by atoms with van der Waals surface area (Å²) in [5, 5.41) is 13.3. The first kappa shape index (κ1) is 17.0. The van der Waals surface area contributed by atoms with Crippen molar-refractivity contribution in [2.45, 2.75) is 12.1 Å². The number of aromatic nitrogens is 2. The lowest BCUT2D eigenvalue weighted by molar-refractivity contribution is 0.101. The normalized spacial score (nSPS) is 10.7. The van der Waals surface area contributed by atoms with E-state index in [1.165, 1.54) is 30.1 Å². The summed E-state index contributed by atoms with van der Waals surface area (Å²) in [4.78, 5) is 16.9. The zero-order valence-corrected chi connectivity index (χ0v) is 14.5. The Hall–Kier alpha value is -2.80. The Bertz CT molecular complexity index is 923. The summed E-state index contributed by atoms with van der Waals surface area (Å²) < 4.78 is 14.8. The average Bonchev–Trinajstić information content (AvgIpc) is 3.02. The maximum atomic E-state index is 13.2. The van der Waals surface area contributed by atoms with Crippen LogP contribution in [0.2, 0.25) is 0 Å². The second-order valence-electron chi connectivity index (χ2n) is 5.42. The molecule has 1 aromatic heterocycles. The van der Waals surface area contributed by atoms with E-state index in [4.69, 9.17) is 0 Å². The van der Waals surface area contributed by atoms with Crippen molar-refractivity contribution in [2.24, 2.45) is 0 Å². The number of aromatic hydroxyl groups is 1. The first-order chi connectivity index (χ1) is 12.0. The van der Waals surface area contributed by atoms with Crippen molar-refractivity contribution in [1.29, 1.82) is 0 Å². The number of carbonyl (C=O) groups excluding carboxylic acids is 1. The number of rotatable bonds is 4. The fourth-order valence-corrected chi connectivity index (χ4v) is 2.96. The van der Waals surface area contributed by atoms with Gasteiger partial charge in [-0.3, -0.25) is 9.36 Å². The minimum atomic E-state index is -0.420. The lowest BCUT2D eigenvalue weighted by Gasteiger charge is -2.12. The molecule has 0 saturated heterocycles. The number of halogens is 1. The lowest BCUT2D eigenvalue weighted by atomic mass is 10.2. The molecule has 0 bridgehead atoms. The van der Waals surface area contributed by atoms with E-state index in [0.717, 1.165) is 5.56 Å². The topological polar surface area (TPSA) is 67.2 Å². The quantitative estimate of drug-likeness (QED) is 0.547. The minimum absolute atomic E-state index is 0.00807. The van der Waals surface area contributed by atoms with Gasteiger partial charge in [0.25, 0.3) is 5.91 Å². The summed E-state index contributed by atoms with van der Waals surface area (Å²) in [6.07, 6.45) is 3.30. The summed E-state index contributed by atoms with van der Waals surface area (Å²) in [5.41, 5.74) is 2.11. The number of imidazole rings is 1. The van der Waals surface area contributed by atoms with E-state index < -0.39 is 5.91 Å². The van der Waals surface area contributed by atoms with Crippen LogP contribution in [0.5, 0.6) is 5.75 Å². The number of hydrogen-bond acceptors (Lipinski definition) is 4. The molecule has 0 unspecified atom stereocenters. The number of hydrogen-bond donors (Lipinski definition) is 2. The summed E-state index contributed by atoms with van der Waals surface area (Å²) in [6, 6.07) is 10.8. The van der Waals surface area contributed by atoms with Crippen molar-refractivity contribution in [3.8, 4) is 11.4 Å². The van der Waals surface area contributed by atoms with Crippen LogP contribution in [0, 0.1) is 12.7 Å².